The van der Waals surface area contributed by atoms with Crippen molar-refractivity contribution in [3.63, 3.8) is 0 Å². The highest BCUT2D eigenvalue weighted by Gasteiger charge is 2.44. The number of fused-ring (bicyclic) bond motifs is 3. The van der Waals surface area contributed by atoms with Crippen molar-refractivity contribution < 1.29 is 4.58 Å². The molecule has 0 atom stereocenters. The Kier molecular flexibility index (Phi) is 4.00. The van der Waals surface area contributed by atoms with E-state index in [1.54, 1.807) is 0 Å². The smallest absolute Gasteiger partial charge is 0.210 e. The number of nitrogens with zero attached hydrogens (tertiary/aromatic N) is 2. The van der Waals surface area contributed by atoms with Crippen molar-refractivity contribution in [1.29, 1.82) is 0 Å². The van der Waals surface area contributed by atoms with Gasteiger partial charge in [0.1, 0.15) is 7.05 Å². The molecule has 0 N–H and O–H groups in total. The van der Waals surface area contributed by atoms with Crippen LogP contribution in [-0.4, -0.2) is 31.4 Å². The van der Waals surface area contributed by atoms with Gasteiger partial charge in [-0.15, -0.1) is 11.3 Å². The van der Waals surface area contributed by atoms with E-state index >= 15 is 0 Å². The Balaban J connectivity index is 1.78. The van der Waals surface area contributed by atoms with Crippen LogP contribution in [0.5, 0.6) is 0 Å². The van der Waals surface area contributed by atoms with Crippen LogP contribution in [0.15, 0.2) is 54.6 Å². The standard InChI is InChI=1S/C23H25N2S/c1-23(2)20(14-11-17-12-15-21(26-17)24(3)4)25(5)19-13-10-16-8-6-7-9-18(16)22(19)23/h6-15H,1-5H3/q+1. The van der Waals surface area contributed by atoms with Crippen molar-refractivity contribution in [2.24, 2.45) is 0 Å². The van der Waals surface area contributed by atoms with Crippen LogP contribution in [0.4, 0.5) is 10.7 Å². The van der Waals surface area contributed by atoms with Crippen LogP contribution in [0, 0.1) is 0 Å². The molecular weight excluding hydrogens is 336 g/mol. The van der Waals surface area contributed by atoms with Gasteiger partial charge in [-0.3, -0.25) is 0 Å². The van der Waals surface area contributed by atoms with Crippen LogP contribution in [0.3, 0.4) is 0 Å². The molecular formula is C23H25N2S+. The van der Waals surface area contributed by atoms with Gasteiger partial charge in [-0.25, -0.2) is 0 Å². The van der Waals surface area contributed by atoms with Crippen molar-refractivity contribution in [1.82, 2.24) is 0 Å². The topological polar surface area (TPSA) is 6.25 Å². The maximum atomic E-state index is 2.35. The summed E-state index contributed by atoms with van der Waals surface area (Å²) in [5.74, 6) is 0. The zero-order chi connectivity index (χ0) is 18.5. The third-order valence-corrected chi connectivity index (χ3v) is 6.57. The first-order chi connectivity index (χ1) is 12.4. The molecule has 1 aliphatic heterocycles. The molecule has 2 aromatic carbocycles. The summed E-state index contributed by atoms with van der Waals surface area (Å²) in [7, 11) is 6.36. The summed E-state index contributed by atoms with van der Waals surface area (Å²) in [6.45, 7) is 4.67. The van der Waals surface area contributed by atoms with Crippen molar-refractivity contribution >= 4 is 44.6 Å². The predicted octanol–water partition coefficient (Wildman–Crippen LogP) is 5.69. The fraction of sp³-hybridized carbons (Fsp3) is 0.261. The van der Waals surface area contributed by atoms with Crippen molar-refractivity contribution in [3.05, 3.63) is 65.0 Å². The monoisotopic (exact) mass is 361 g/mol. The number of thiophene rings is 1. The minimum atomic E-state index is -0.0247. The van der Waals surface area contributed by atoms with Gasteiger partial charge in [0.05, 0.1) is 10.4 Å². The third-order valence-electron chi connectivity index (χ3n) is 5.35. The third kappa shape index (κ3) is 2.58. The normalized spacial score (nSPS) is 15.9. The second-order valence-corrected chi connectivity index (χ2v) is 8.75. The SMILES string of the molecule is CN(C)c1ccc(/C=C/C2=[N+](C)c3ccc4ccccc4c3C2(C)C)s1. The van der Waals surface area contributed by atoms with Crippen molar-refractivity contribution in [3.8, 4) is 0 Å². The number of hydrogen-bond acceptors (Lipinski definition) is 2. The summed E-state index contributed by atoms with van der Waals surface area (Å²) < 4.78 is 2.35. The Hall–Kier alpha value is -2.39. The summed E-state index contributed by atoms with van der Waals surface area (Å²) in [6.07, 6.45) is 4.54. The molecule has 0 unspecified atom stereocenters. The molecule has 0 saturated carbocycles. The molecule has 0 radical (unpaired) electrons. The fourth-order valence-electron chi connectivity index (χ4n) is 4.03. The summed E-state index contributed by atoms with van der Waals surface area (Å²) in [6, 6.07) is 17.6. The highest BCUT2D eigenvalue weighted by molar-refractivity contribution is 7.16. The second kappa shape index (κ2) is 6.10. The molecule has 3 heteroatoms. The van der Waals surface area contributed by atoms with Gasteiger partial charge in [0.15, 0.2) is 5.71 Å². The first kappa shape index (κ1) is 17.0. The van der Waals surface area contributed by atoms with Gasteiger partial charge in [-0.05, 0) is 48.9 Å². The highest BCUT2D eigenvalue weighted by Crippen LogP contribution is 2.43. The van der Waals surface area contributed by atoms with Gasteiger partial charge >= 0.3 is 0 Å². The van der Waals surface area contributed by atoms with E-state index in [0.717, 1.165) is 0 Å². The van der Waals surface area contributed by atoms with Gasteiger partial charge in [-0.2, -0.15) is 4.58 Å². The minimum Gasteiger partial charge on any atom is -0.370 e. The molecule has 0 spiro atoms. The van der Waals surface area contributed by atoms with E-state index in [-0.39, 0.29) is 5.41 Å². The number of hydrogen-bond donors (Lipinski definition) is 0. The van der Waals surface area contributed by atoms with Crippen molar-refractivity contribution in [2.45, 2.75) is 19.3 Å². The second-order valence-electron chi connectivity index (χ2n) is 7.65. The average Bonchev–Trinajstić information content (AvgIpc) is 3.16. The number of allylic oxidation sites excluding steroid dienone is 1. The van der Waals surface area contributed by atoms with Crippen molar-refractivity contribution in [2.75, 3.05) is 26.0 Å². The van der Waals surface area contributed by atoms with Gasteiger partial charge in [0.2, 0.25) is 5.69 Å². The largest absolute Gasteiger partial charge is 0.370 e. The molecule has 1 aromatic heterocycles. The number of rotatable bonds is 3. The van der Waals surface area contributed by atoms with Gasteiger partial charge < -0.3 is 4.90 Å². The van der Waals surface area contributed by atoms with Gasteiger partial charge in [-0.1, -0.05) is 24.3 Å². The van der Waals surface area contributed by atoms with E-state index in [0.29, 0.717) is 0 Å². The van der Waals surface area contributed by atoms with E-state index < -0.39 is 0 Å². The van der Waals surface area contributed by atoms with Gasteiger partial charge in [0, 0.05) is 36.7 Å². The van der Waals surface area contributed by atoms with E-state index in [2.05, 4.69) is 105 Å². The van der Waals surface area contributed by atoms with Crippen LogP contribution < -0.4 is 4.90 Å². The molecule has 1 aliphatic rings. The van der Waals surface area contributed by atoms with Crippen LogP contribution in [-0.2, 0) is 5.41 Å². The number of benzene rings is 2. The highest BCUT2D eigenvalue weighted by atomic mass is 32.1. The zero-order valence-corrected chi connectivity index (χ0v) is 16.9. The number of anilines is 1. The molecule has 3 aromatic rings. The molecule has 0 saturated heterocycles. The molecule has 0 fully saturated rings. The molecule has 4 rings (SSSR count). The Morgan fingerprint density at radius 2 is 1.73 bits per heavy atom. The Morgan fingerprint density at radius 3 is 2.46 bits per heavy atom. The molecule has 0 bridgehead atoms. The quantitative estimate of drug-likeness (QED) is 0.543. The lowest BCUT2D eigenvalue weighted by Gasteiger charge is -2.17. The van der Waals surface area contributed by atoms with E-state index in [1.807, 2.05) is 11.3 Å². The fourth-order valence-corrected chi connectivity index (χ4v) is 4.86. The average molecular weight is 362 g/mol. The van der Waals surface area contributed by atoms with Crippen LogP contribution >= 0.6 is 11.3 Å². The van der Waals surface area contributed by atoms with E-state index in [9.17, 15) is 0 Å². The van der Waals surface area contributed by atoms with Gasteiger partial charge in [0.25, 0.3) is 0 Å². The first-order valence-electron chi connectivity index (χ1n) is 8.98. The van der Waals surface area contributed by atoms with E-state index in [1.165, 1.54) is 37.6 Å². The molecule has 2 nitrogen and oxygen atoms in total. The summed E-state index contributed by atoms with van der Waals surface area (Å²) in [5.41, 5.74) is 4.05. The molecule has 26 heavy (non-hydrogen) atoms. The maximum Gasteiger partial charge on any atom is 0.210 e. The summed E-state index contributed by atoms with van der Waals surface area (Å²) >= 11 is 1.82. The Morgan fingerprint density at radius 1 is 0.962 bits per heavy atom. The van der Waals surface area contributed by atoms with Crippen LogP contribution in [0.2, 0.25) is 0 Å². The molecule has 2 heterocycles. The lowest BCUT2D eigenvalue weighted by molar-refractivity contribution is -0.401. The predicted molar refractivity (Wildman–Crippen MR) is 116 cm³/mol. The van der Waals surface area contributed by atoms with E-state index in [4.69, 9.17) is 0 Å². The van der Waals surface area contributed by atoms with Crippen LogP contribution in [0.25, 0.3) is 16.8 Å². The Bertz CT molecular complexity index is 1050. The Labute approximate surface area is 159 Å². The molecule has 132 valence electrons. The lowest BCUT2D eigenvalue weighted by Crippen LogP contribution is -2.26. The lowest BCUT2D eigenvalue weighted by atomic mass is 9.79. The summed E-state index contributed by atoms with van der Waals surface area (Å²) in [5, 5.41) is 3.95. The minimum absolute atomic E-state index is 0.0247. The summed E-state index contributed by atoms with van der Waals surface area (Å²) in [4.78, 5) is 3.44. The van der Waals surface area contributed by atoms with Crippen LogP contribution in [0.1, 0.15) is 24.3 Å². The molecule has 0 amide bonds. The first-order valence-corrected chi connectivity index (χ1v) is 9.80. The molecule has 0 aliphatic carbocycles. The zero-order valence-electron chi connectivity index (χ0n) is 16.1. The maximum absolute atomic E-state index is 2.35.